The van der Waals surface area contributed by atoms with Crippen molar-refractivity contribution in [2.24, 2.45) is 0 Å². The van der Waals surface area contributed by atoms with Crippen molar-refractivity contribution >= 4 is 10.9 Å². The van der Waals surface area contributed by atoms with E-state index >= 15 is 0 Å². The van der Waals surface area contributed by atoms with Crippen molar-refractivity contribution in [2.45, 2.75) is 18.8 Å². The van der Waals surface area contributed by atoms with Gasteiger partial charge in [0.1, 0.15) is 0 Å². The van der Waals surface area contributed by atoms with Gasteiger partial charge in [-0.15, -0.1) is 0 Å². The number of rotatable bonds is 1. The van der Waals surface area contributed by atoms with Crippen LogP contribution in [0.2, 0.25) is 0 Å². The lowest BCUT2D eigenvalue weighted by Crippen LogP contribution is -1.78. The molecule has 0 amide bonds. The van der Waals surface area contributed by atoms with Crippen LogP contribution in [0, 0.1) is 0 Å². The average Bonchev–Trinajstić information content (AvgIpc) is 2.82. The van der Waals surface area contributed by atoms with Gasteiger partial charge in [0.2, 0.25) is 0 Å². The van der Waals surface area contributed by atoms with Crippen LogP contribution in [0.1, 0.15) is 24.3 Å². The lowest BCUT2D eigenvalue weighted by Gasteiger charge is -1.98. The van der Waals surface area contributed by atoms with E-state index in [4.69, 9.17) is 0 Å². The standard InChI is InChI=1S/C11H11N/c1-2-9(8-4-5-8)10-6-7-12-11(10)3-1/h1-3,6-8,12H,4-5H2. The maximum atomic E-state index is 3.24. The van der Waals surface area contributed by atoms with Crippen molar-refractivity contribution in [3.63, 3.8) is 0 Å². The largest absolute Gasteiger partial charge is 0.361 e. The van der Waals surface area contributed by atoms with E-state index in [9.17, 15) is 0 Å². The lowest BCUT2D eigenvalue weighted by molar-refractivity contribution is 1.15. The first-order valence-corrected chi connectivity index (χ1v) is 4.51. The van der Waals surface area contributed by atoms with E-state index in [1.54, 1.807) is 0 Å². The first-order chi connectivity index (χ1) is 5.95. The number of fused-ring (bicyclic) bond motifs is 1. The lowest BCUT2D eigenvalue weighted by atomic mass is 10.1. The van der Waals surface area contributed by atoms with Crippen LogP contribution in [-0.4, -0.2) is 4.98 Å². The van der Waals surface area contributed by atoms with E-state index in [1.165, 1.54) is 29.3 Å². The highest BCUT2D eigenvalue weighted by Crippen LogP contribution is 2.42. The van der Waals surface area contributed by atoms with Gasteiger partial charge in [-0.1, -0.05) is 12.1 Å². The van der Waals surface area contributed by atoms with Crippen molar-refractivity contribution in [3.05, 3.63) is 36.0 Å². The third kappa shape index (κ3) is 0.795. The van der Waals surface area contributed by atoms with Gasteiger partial charge in [0.25, 0.3) is 0 Å². The van der Waals surface area contributed by atoms with E-state index in [2.05, 4.69) is 29.2 Å². The highest BCUT2D eigenvalue weighted by Gasteiger charge is 2.24. The Balaban J connectivity index is 2.32. The third-order valence-corrected chi connectivity index (χ3v) is 2.65. The summed E-state index contributed by atoms with van der Waals surface area (Å²) in [6.07, 6.45) is 4.78. The van der Waals surface area contributed by atoms with Crippen LogP contribution in [-0.2, 0) is 0 Å². The molecule has 1 nitrogen and oxygen atoms in total. The van der Waals surface area contributed by atoms with Crippen LogP contribution in [0.5, 0.6) is 0 Å². The molecule has 0 saturated heterocycles. The minimum Gasteiger partial charge on any atom is -0.361 e. The van der Waals surface area contributed by atoms with Crippen molar-refractivity contribution in [1.82, 2.24) is 4.98 Å². The van der Waals surface area contributed by atoms with Crippen molar-refractivity contribution in [1.29, 1.82) is 0 Å². The number of aromatic amines is 1. The molecule has 1 aromatic heterocycles. The van der Waals surface area contributed by atoms with Gasteiger partial charge in [0.15, 0.2) is 0 Å². The Hall–Kier alpha value is -1.24. The third-order valence-electron chi connectivity index (χ3n) is 2.65. The minimum atomic E-state index is 0.851. The molecule has 60 valence electrons. The highest BCUT2D eigenvalue weighted by molar-refractivity contribution is 5.83. The normalized spacial score (nSPS) is 17.0. The molecule has 0 atom stereocenters. The van der Waals surface area contributed by atoms with Crippen LogP contribution in [0.15, 0.2) is 30.5 Å². The SMILES string of the molecule is c1cc(C2CC2)c2cc[nH]c2c1. The molecule has 1 heteroatoms. The predicted molar refractivity (Wildman–Crippen MR) is 50.3 cm³/mol. The summed E-state index contributed by atoms with van der Waals surface area (Å²) >= 11 is 0. The van der Waals surface area contributed by atoms with Crippen molar-refractivity contribution < 1.29 is 0 Å². The molecule has 2 aromatic rings. The Morgan fingerprint density at radius 2 is 2.08 bits per heavy atom. The van der Waals surface area contributed by atoms with Gasteiger partial charge in [-0.25, -0.2) is 0 Å². The molecule has 1 N–H and O–H groups in total. The highest BCUT2D eigenvalue weighted by atomic mass is 14.7. The number of aromatic nitrogens is 1. The fourth-order valence-electron chi connectivity index (χ4n) is 1.86. The monoisotopic (exact) mass is 157 g/mol. The van der Waals surface area contributed by atoms with Gasteiger partial charge in [0, 0.05) is 17.1 Å². The average molecular weight is 157 g/mol. The van der Waals surface area contributed by atoms with Crippen molar-refractivity contribution in [2.75, 3.05) is 0 Å². The Kier molecular flexibility index (Phi) is 1.12. The van der Waals surface area contributed by atoms with Gasteiger partial charge >= 0.3 is 0 Å². The van der Waals surface area contributed by atoms with Crippen LogP contribution in [0.25, 0.3) is 10.9 Å². The summed E-state index contributed by atoms with van der Waals surface area (Å²) in [6, 6.07) is 8.73. The molecule has 3 rings (SSSR count). The maximum absolute atomic E-state index is 3.24. The van der Waals surface area contributed by atoms with Crippen LogP contribution >= 0.6 is 0 Å². The van der Waals surface area contributed by atoms with Crippen LogP contribution < -0.4 is 0 Å². The molecule has 0 aliphatic heterocycles. The number of H-pyrrole nitrogens is 1. The van der Waals surface area contributed by atoms with Gasteiger partial charge in [-0.05, 0) is 36.5 Å². The molecule has 1 fully saturated rings. The molecule has 12 heavy (non-hydrogen) atoms. The molecule has 1 aliphatic rings. The second kappa shape index (κ2) is 2.13. The molecule has 0 unspecified atom stereocenters. The summed E-state index contributed by atoms with van der Waals surface area (Å²) in [7, 11) is 0. The minimum absolute atomic E-state index is 0.851. The quantitative estimate of drug-likeness (QED) is 0.654. The maximum Gasteiger partial charge on any atom is 0.0456 e. The predicted octanol–water partition coefficient (Wildman–Crippen LogP) is 3.05. The van der Waals surface area contributed by atoms with E-state index in [1.807, 2.05) is 6.20 Å². The number of benzene rings is 1. The summed E-state index contributed by atoms with van der Waals surface area (Å²) in [5.74, 6) is 0.851. The smallest absolute Gasteiger partial charge is 0.0456 e. The van der Waals surface area contributed by atoms with Gasteiger partial charge in [-0.3, -0.25) is 0 Å². The van der Waals surface area contributed by atoms with Crippen LogP contribution in [0.4, 0.5) is 0 Å². The number of hydrogen-bond acceptors (Lipinski definition) is 0. The summed E-state index contributed by atoms with van der Waals surface area (Å²) in [6.45, 7) is 0. The van der Waals surface area contributed by atoms with Gasteiger partial charge in [-0.2, -0.15) is 0 Å². The number of hydrogen-bond donors (Lipinski definition) is 1. The Bertz CT molecular complexity index is 410. The Morgan fingerprint density at radius 1 is 1.17 bits per heavy atom. The Morgan fingerprint density at radius 3 is 2.92 bits per heavy atom. The zero-order valence-electron chi connectivity index (χ0n) is 6.88. The summed E-state index contributed by atoms with van der Waals surface area (Å²) in [5, 5.41) is 1.42. The van der Waals surface area contributed by atoms with E-state index in [0.717, 1.165) is 5.92 Å². The molecule has 1 aliphatic carbocycles. The van der Waals surface area contributed by atoms with Gasteiger partial charge < -0.3 is 4.98 Å². The van der Waals surface area contributed by atoms with Crippen molar-refractivity contribution in [3.8, 4) is 0 Å². The zero-order chi connectivity index (χ0) is 7.97. The Labute approximate surface area is 71.4 Å². The number of nitrogens with one attached hydrogen (secondary N) is 1. The summed E-state index contributed by atoms with van der Waals surface area (Å²) < 4.78 is 0. The van der Waals surface area contributed by atoms with E-state index in [0.29, 0.717) is 0 Å². The molecule has 1 aromatic carbocycles. The molecule has 0 bridgehead atoms. The summed E-state index contributed by atoms with van der Waals surface area (Å²) in [4.78, 5) is 3.24. The first kappa shape index (κ1) is 6.30. The second-order valence-corrected chi connectivity index (χ2v) is 3.56. The molecular formula is C11H11N. The van der Waals surface area contributed by atoms with Crippen LogP contribution in [0.3, 0.4) is 0 Å². The topological polar surface area (TPSA) is 15.8 Å². The molecule has 0 radical (unpaired) electrons. The fourth-order valence-corrected chi connectivity index (χ4v) is 1.86. The zero-order valence-corrected chi connectivity index (χ0v) is 6.88. The van der Waals surface area contributed by atoms with Gasteiger partial charge in [0.05, 0.1) is 0 Å². The fraction of sp³-hybridized carbons (Fsp3) is 0.273. The van der Waals surface area contributed by atoms with E-state index in [-0.39, 0.29) is 0 Å². The molecule has 0 spiro atoms. The molecule has 1 heterocycles. The molecular weight excluding hydrogens is 146 g/mol. The first-order valence-electron chi connectivity index (χ1n) is 4.51. The second-order valence-electron chi connectivity index (χ2n) is 3.56. The molecule has 1 saturated carbocycles. The summed E-state index contributed by atoms with van der Waals surface area (Å²) in [5.41, 5.74) is 2.81. The van der Waals surface area contributed by atoms with E-state index < -0.39 is 0 Å².